The maximum atomic E-state index is 8.38. The Hall–Kier alpha value is -4.69. The molecule has 0 aliphatic rings. The third-order valence-corrected chi connectivity index (χ3v) is 6.95. The molecular weight excluding hydrogens is 436 g/mol. The van der Waals surface area contributed by atoms with Crippen LogP contribution in [0.5, 0.6) is 0 Å². The Kier molecular flexibility index (Phi) is 4.04. The Balaban J connectivity index is 1.70. The van der Waals surface area contributed by atoms with E-state index in [1.165, 1.54) is 0 Å². The molecule has 0 aliphatic carbocycles. The second-order valence-corrected chi connectivity index (χ2v) is 9.02. The summed E-state index contributed by atoms with van der Waals surface area (Å²) in [5.41, 5.74) is 6.74. The molecule has 0 radical (unpaired) electrons. The summed E-state index contributed by atoms with van der Waals surface area (Å²) in [6, 6.07) is 43.1. The van der Waals surface area contributed by atoms with Crippen molar-refractivity contribution >= 4 is 32.6 Å². The smallest absolute Gasteiger partial charge is 0.111 e. The first-order valence-corrected chi connectivity index (χ1v) is 12.1. The molecule has 170 valence electrons. The van der Waals surface area contributed by atoms with Gasteiger partial charge in [-0.25, -0.2) is 4.98 Å². The van der Waals surface area contributed by atoms with Gasteiger partial charge in [-0.15, -0.1) is 0 Å². The van der Waals surface area contributed by atoms with Crippen LogP contribution in [-0.4, -0.2) is 9.55 Å². The molecule has 0 aliphatic heterocycles. The SMILES string of the molecule is [2H]C([2H])([2H])c1nc2ccccc2n1-c1c2ccccc2c(-c2ccccc2)c2cc(-c3ccccc3)ccc12. The number of fused-ring (bicyclic) bond motifs is 3. The van der Waals surface area contributed by atoms with Crippen LogP contribution in [0.3, 0.4) is 0 Å². The van der Waals surface area contributed by atoms with Crippen LogP contribution in [0, 0.1) is 6.85 Å². The van der Waals surface area contributed by atoms with Crippen molar-refractivity contribution in [2.45, 2.75) is 6.85 Å². The maximum absolute atomic E-state index is 8.38. The van der Waals surface area contributed by atoms with E-state index < -0.39 is 6.85 Å². The van der Waals surface area contributed by atoms with E-state index in [1.54, 1.807) is 0 Å². The summed E-state index contributed by atoms with van der Waals surface area (Å²) < 4.78 is 27.0. The van der Waals surface area contributed by atoms with Crippen LogP contribution in [0.15, 0.2) is 127 Å². The Morgan fingerprint density at radius 2 is 1.19 bits per heavy atom. The molecule has 0 bridgehead atoms. The molecule has 36 heavy (non-hydrogen) atoms. The zero-order valence-corrected chi connectivity index (χ0v) is 19.5. The van der Waals surface area contributed by atoms with Crippen molar-refractivity contribution in [3.05, 3.63) is 133 Å². The van der Waals surface area contributed by atoms with Crippen molar-refractivity contribution in [2.75, 3.05) is 0 Å². The lowest BCUT2D eigenvalue weighted by Crippen LogP contribution is -2.01. The molecule has 0 atom stereocenters. The van der Waals surface area contributed by atoms with Crippen molar-refractivity contribution in [3.8, 4) is 27.9 Å². The molecule has 0 unspecified atom stereocenters. The second kappa shape index (κ2) is 8.21. The number of para-hydroxylation sites is 2. The highest BCUT2D eigenvalue weighted by molar-refractivity contribution is 6.19. The third kappa shape index (κ3) is 3.15. The molecule has 6 aromatic carbocycles. The van der Waals surface area contributed by atoms with Crippen molar-refractivity contribution < 1.29 is 4.11 Å². The van der Waals surface area contributed by atoms with Gasteiger partial charge in [-0.05, 0) is 58.1 Å². The highest BCUT2D eigenvalue weighted by Gasteiger charge is 2.20. The molecule has 1 heterocycles. The predicted octanol–water partition coefficient (Wildman–Crippen LogP) is 8.97. The van der Waals surface area contributed by atoms with E-state index in [9.17, 15) is 0 Å². The molecule has 0 amide bonds. The molecule has 7 aromatic rings. The summed E-state index contributed by atoms with van der Waals surface area (Å²) in [5, 5.41) is 4.07. The van der Waals surface area contributed by atoms with E-state index in [-0.39, 0.29) is 5.82 Å². The minimum Gasteiger partial charge on any atom is -0.295 e. The Morgan fingerprint density at radius 1 is 0.556 bits per heavy atom. The van der Waals surface area contributed by atoms with Gasteiger partial charge in [0.1, 0.15) is 5.82 Å². The first-order valence-electron chi connectivity index (χ1n) is 13.6. The lowest BCUT2D eigenvalue weighted by molar-refractivity contribution is 1.02. The molecular formula is C34H24N2. The van der Waals surface area contributed by atoms with Gasteiger partial charge in [0.15, 0.2) is 0 Å². The van der Waals surface area contributed by atoms with Gasteiger partial charge < -0.3 is 0 Å². The lowest BCUT2D eigenvalue weighted by Gasteiger charge is -2.20. The fourth-order valence-corrected chi connectivity index (χ4v) is 5.37. The number of imidazole rings is 1. The first kappa shape index (κ1) is 17.7. The van der Waals surface area contributed by atoms with Crippen LogP contribution in [-0.2, 0) is 0 Å². The van der Waals surface area contributed by atoms with Crippen molar-refractivity contribution in [1.82, 2.24) is 9.55 Å². The van der Waals surface area contributed by atoms with Crippen LogP contribution >= 0.6 is 0 Å². The van der Waals surface area contributed by atoms with E-state index in [2.05, 4.69) is 71.7 Å². The van der Waals surface area contributed by atoms with Crippen molar-refractivity contribution in [1.29, 1.82) is 0 Å². The van der Waals surface area contributed by atoms with Crippen LogP contribution in [0.4, 0.5) is 0 Å². The van der Waals surface area contributed by atoms with Gasteiger partial charge in [-0.2, -0.15) is 0 Å². The molecule has 7 rings (SSSR count). The summed E-state index contributed by atoms with van der Waals surface area (Å²) in [6.45, 7) is -2.39. The standard InChI is InChI=1S/C34H24N2/c1-23-35-31-18-10-11-19-32(31)36(23)34-28-17-9-8-16-27(28)33(25-14-6-3-7-15-25)30-22-26(20-21-29(30)34)24-12-4-2-5-13-24/h2-22H,1H3/i1D3. The van der Waals surface area contributed by atoms with Gasteiger partial charge in [-0.1, -0.05) is 109 Å². The zero-order chi connectivity index (χ0) is 26.6. The van der Waals surface area contributed by atoms with Crippen molar-refractivity contribution in [2.24, 2.45) is 0 Å². The maximum Gasteiger partial charge on any atom is 0.111 e. The Morgan fingerprint density at radius 3 is 1.97 bits per heavy atom. The number of hydrogen-bond acceptors (Lipinski definition) is 1. The van der Waals surface area contributed by atoms with Gasteiger partial charge in [0.2, 0.25) is 0 Å². The van der Waals surface area contributed by atoms with Gasteiger partial charge in [-0.3, -0.25) is 4.57 Å². The number of rotatable bonds is 3. The van der Waals surface area contributed by atoms with Crippen molar-refractivity contribution in [3.63, 3.8) is 0 Å². The number of hydrogen-bond donors (Lipinski definition) is 0. The van der Waals surface area contributed by atoms with Gasteiger partial charge in [0.05, 0.1) is 16.7 Å². The predicted molar refractivity (Wildman–Crippen MR) is 152 cm³/mol. The molecule has 2 heteroatoms. The average molecular weight is 464 g/mol. The summed E-state index contributed by atoms with van der Waals surface area (Å²) in [4.78, 5) is 4.62. The molecule has 0 saturated carbocycles. The normalized spacial score (nSPS) is 13.1. The fourth-order valence-electron chi connectivity index (χ4n) is 5.37. The number of benzene rings is 6. The van der Waals surface area contributed by atoms with Gasteiger partial charge in [0.25, 0.3) is 0 Å². The van der Waals surface area contributed by atoms with E-state index >= 15 is 0 Å². The monoisotopic (exact) mass is 463 g/mol. The Labute approximate surface area is 214 Å². The number of aryl methyl sites for hydroxylation is 1. The second-order valence-electron chi connectivity index (χ2n) is 9.02. The van der Waals surface area contributed by atoms with E-state index in [4.69, 9.17) is 4.11 Å². The highest BCUT2D eigenvalue weighted by Crippen LogP contribution is 2.43. The van der Waals surface area contributed by atoms with E-state index in [1.807, 2.05) is 65.2 Å². The average Bonchev–Trinajstić information content (AvgIpc) is 3.36. The van der Waals surface area contributed by atoms with Gasteiger partial charge in [0, 0.05) is 14.9 Å². The largest absolute Gasteiger partial charge is 0.295 e. The van der Waals surface area contributed by atoms with Gasteiger partial charge >= 0.3 is 0 Å². The summed E-state index contributed by atoms with van der Waals surface area (Å²) >= 11 is 0. The molecule has 0 saturated heterocycles. The van der Waals surface area contributed by atoms with Crippen LogP contribution in [0.25, 0.3) is 60.5 Å². The summed E-state index contributed by atoms with van der Waals surface area (Å²) in [5.74, 6) is 0.0646. The van der Waals surface area contributed by atoms with E-state index in [0.717, 1.165) is 55.0 Å². The zero-order valence-electron chi connectivity index (χ0n) is 22.5. The molecule has 2 nitrogen and oxygen atoms in total. The summed E-state index contributed by atoms with van der Waals surface area (Å²) in [6.07, 6.45) is 0. The molecule has 0 N–H and O–H groups in total. The van der Waals surface area contributed by atoms with Crippen LogP contribution in [0.2, 0.25) is 0 Å². The first-order chi connectivity index (χ1) is 19.0. The fraction of sp³-hybridized carbons (Fsp3) is 0.0294. The third-order valence-electron chi connectivity index (χ3n) is 6.95. The van der Waals surface area contributed by atoms with E-state index in [0.29, 0.717) is 5.52 Å². The van der Waals surface area contributed by atoms with Crippen LogP contribution < -0.4 is 0 Å². The lowest BCUT2D eigenvalue weighted by atomic mass is 9.88. The number of nitrogens with zero attached hydrogens (tertiary/aromatic N) is 2. The van der Waals surface area contributed by atoms with Crippen LogP contribution in [0.1, 0.15) is 9.94 Å². The summed E-state index contributed by atoms with van der Waals surface area (Å²) in [7, 11) is 0. The Bertz CT molecular complexity index is 1990. The molecule has 0 fully saturated rings. The minimum absolute atomic E-state index is 0.0646. The number of aromatic nitrogens is 2. The molecule has 1 aromatic heterocycles. The minimum atomic E-state index is -2.39. The highest BCUT2D eigenvalue weighted by atomic mass is 15.1. The topological polar surface area (TPSA) is 17.8 Å². The molecule has 0 spiro atoms. The quantitative estimate of drug-likeness (QED) is 0.239.